The highest BCUT2D eigenvalue weighted by molar-refractivity contribution is 14.1. The number of hydrogen-bond donors (Lipinski definition) is 1. The fraction of sp³-hybridized carbons (Fsp3) is 0.429. The van der Waals surface area contributed by atoms with E-state index in [1.165, 1.54) is 5.57 Å². The molecule has 0 spiro atoms. The van der Waals surface area contributed by atoms with Crippen molar-refractivity contribution in [1.29, 1.82) is 0 Å². The SMILES string of the molecule is CC(C)=C(OI)/C(C)=C\NI. The van der Waals surface area contributed by atoms with Crippen molar-refractivity contribution in [2.24, 2.45) is 0 Å². The topological polar surface area (TPSA) is 21.3 Å². The van der Waals surface area contributed by atoms with Crippen molar-refractivity contribution in [1.82, 2.24) is 3.53 Å². The minimum atomic E-state index is 0.940. The maximum atomic E-state index is 5.16. The summed E-state index contributed by atoms with van der Waals surface area (Å²) in [6.07, 6.45) is 1.90. The van der Waals surface area contributed by atoms with Crippen molar-refractivity contribution in [3.63, 3.8) is 0 Å². The van der Waals surface area contributed by atoms with Gasteiger partial charge in [0.05, 0.1) is 22.9 Å². The van der Waals surface area contributed by atoms with Crippen molar-refractivity contribution in [3.05, 3.63) is 23.1 Å². The zero-order valence-corrected chi connectivity index (χ0v) is 11.1. The molecule has 0 aliphatic carbocycles. The summed E-state index contributed by atoms with van der Waals surface area (Å²) in [7, 11) is 0. The molecule has 0 aliphatic rings. The molecular weight excluding hydrogens is 368 g/mol. The van der Waals surface area contributed by atoms with Crippen LogP contribution in [0.2, 0.25) is 0 Å². The summed E-state index contributed by atoms with van der Waals surface area (Å²) in [6, 6.07) is 0. The van der Waals surface area contributed by atoms with Gasteiger partial charge < -0.3 is 6.60 Å². The van der Waals surface area contributed by atoms with Gasteiger partial charge >= 0.3 is 0 Å². The van der Waals surface area contributed by atoms with Crippen LogP contribution in [0.25, 0.3) is 0 Å². The number of hydrogen-bond acceptors (Lipinski definition) is 2. The zero-order valence-electron chi connectivity index (χ0n) is 6.74. The lowest BCUT2D eigenvalue weighted by Gasteiger charge is -2.05. The zero-order chi connectivity index (χ0) is 8.85. The lowest BCUT2D eigenvalue weighted by Crippen LogP contribution is -1.92. The molecule has 0 fully saturated rings. The van der Waals surface area contributed by atoms with Crippen LogP contribution >= 0.6 is 45.9 Å². The second-order valence-electron chi connectivity index (χ2n) is 2.34. The summed E-state index contributed by atoms with van der Waals surface area (Å²) in [5, 5.41) is 0. The average Bonchev–Trinajstić information content (AvgIpc) is 1.88. The number of rotatable bonds is 3. The first-order chi connectivity index (χ1) is 5.13. The lowest BCUT2D eigenvalue weighted by atomic mass is 10.2. The van der Waals surface area contributed by atoms with Gasteiger partial charge in [0.2, 0.25) is 0 Å². The fourth-order valence-corrected chi connectivity index (χ4v) is 1.93. The summed E-state index contributed by atoms with van der Waals surface area (Å²) in [4.78, 5) is 0. The molecular formula is C7H11I2NO. The Kier molecular flexibility index (Phi) is 6.40. The minimum Gasteiger partial charge on any atom is -0.427 e. The van der Waals surface area contributed by atoms with Crippen molar-refractivity contribution in [3.8, 4) is 0 Å². The molecule has 0 rings (SSSR count). The van der Waals surface area contributed by atoms with E-state index in [2.05, 4.69) is 26.4 Å². The van der Waals surface area contributed by atoms with E-state index in [-0.39, 0.29) is 0 Å². The van der Waals surface area contributed by atoms with Crippen LogP contribution in [0.1, 0.15) is 20.8 Å². The maximum Gasteiger partial charge on any atom is 0.192 e. The Labute approximate surface area is 95.6 Å². The molecule has 0 aromatic rings. The van der Waals surface area contributed by atoms with Gasteiger partial charge in [-0.3, -0.25) is 0 Å². The van der Waals surface area contributed by atoms with E-state index in [9.17, 15) is 0 Å². The highest BCUT2D eigenvalue weighted by atomic mass is 127. The number of nitrogens with one attached hydrogen (secondary N) is 1. The van der Waals surface area contributed by atoms with Crippen LogP contribution in [0.15, 0.2) is 23.1 Å². The Morgan fingerprint density at radius 3 is 2.18 bits per heavy atom. The van der Waals surface area contributed by atoms with E-state index in [0.717, 1.165) is 11.3 Å². The van der Waals surface area contributed by atoms with Gasteiger partial charge in [-0.2, -0.15) is 0 Å². The van der Waals surface area contributed by atoms with E-state index >= 15 is 0 Å². The van der Waals surface area contributed by atoms with Crippen LogP contribution in [-0.2, 0) is 3.07 Å². The first-order valence-electron chi connectivity index (χ1n) is 3.12. The monoisotopic (exact) mass is 379 g/mol. The molecule has 1 N–H and O–H groups in total. The Bertz CT molecular complexity index is 183. The maximum absolute atomic E-state index is 5.16. The van der Waals surface area contributed by atoms with Gasteiger partial charge in [-0.05, 0) is 26.3 Å². The van der Waals surface area contributed by atoms with Crippen LogP contribution in [0.3, 0.4) is 0 Å². The Morgan fingerprint density at radius 2 is 1.91 bits per heavy atom. The Balaban J connectivity index is 4.53. The van der Waals surface area contributed by atoms with Gasteiger partial charge in [0, 0.05) is 11.8 Å². The number of allylic oxidation sites excluding steroid dienone is 2. The third-order valence-corrected chi connectivity index (χ3v) is 1.91. The van der Waals surface area contributed by atoms with Crippen LogP contribution in [-0.4, -0.2) is 0 Å². The predicted octanol–water partition coefficient (Wildman–Crippen LogP) is 3.49. The van der Waals surface area contributed by atoms with E-state index < -0.39 is 0 Å². The quantitative estimate of drug-likeness (QED) is 0.351. The molecule has 0 saturated carbocycles. The molecule has 4 heteroatoms. The summed E-state index contributed by atoms with van der Waals surface area (Å²) >= 11 is 3.96. The molecule has 0 aromatic heterocycles. The molecule has 0 bridgehead atoms. The second kappa shape index (κ2) is 6.10. The summed E-state index contributed by atoms with van der Waals surface area (Å²) in [6.45, 7) is 6.06. The first-order valence-corrected chi connectivity index (χ1v) is 5.08. The van der Waals surface area contributed by atoms with Gasteiger partial charge in [-0.1, -0.05) is 0 Å². The second-order valence-corrected chi connectivity index (χ2v) is 3.41. The smallest absolute Gasteiger partial charge is 0.192 e. The molecule has 11 heavy (non-hydrogen) atoms. The van der Waals surface area contributed by atoms with Crippen LogP contribution < -0.4 is 3.53 Å². The molecule has 0 atom stereocenters. The van der Waals surface area contributed by atoms with E-state index in [1.807, 2.05) is 50.0 Å². The third kappa shape index (κ3) is 4.19. The van der Waals surface area contributed by atoms with Crippen LogP contribution in [0.4, 0.5) is 0 Å². The van der Waals surface area contributed by atoms with Crippen molar-refractivity contribution in [2.45, 2.75) is 20.8 Å². The standard InChI is InChI=1S/C7H11I2NO/c1-5(2)7(11-9)6(3)4-10-8/h4,10H,1-3H3/b6-4-. The summed E-state index contributed by atoms with van der Waals surface area (Å²) in [5.74, 6) is 0.940. The van der Waals surface area contributed by atoms with Crippen molar-refractivity contribution >= 4 is 45.9 Å². The summed E-state index contributed by atoms with van der Waals surface area (Å²) < 4.78 is 8.09. The largest absolute Gasteiger partial charge is 0.427 e. The van der Waals surface area contributed by atoms with Gasteiger partial charge in [0.15, 0.2) is 23.0 Å². The van der Waals surface area contributed by atoms with Gasteiger partial charge in [0.25, 0.3) is 0 Å². The summed E-state index contributed by atoms with van der Waals surface area (Å²) in [5.41, 5.74) is 2.29. The lowest BCUT2D eigenvalue weighted by molar-refractivity contribution is 0.564. The molecule has 2 nitrogen and oxygen atoms in total. The molecule has 0 heterocycles. The highest BCUT2D eigenvalue weighted by Crippen LogP contribution is 2.17. The van der Waals surface area contributed by atoms with Crippen LogP contribution in [0.5, 0.6) is 0 Å². The van der Waals surface area contributed by atoms with Crippen LogP contribution in [0, 0.1) is 0 Å². The normalized spacial score (nSPS) is 10.8. The third-order valence-electron chi connectivity index (χ3n) is 1.16. The van der Waals surface area contributed by atoms with Gasteiger partial charge in [-0.15, -0.1) is 0 Å². The van der Waals surface area contributed by atoms with E-state index in [1.54, 1.807) is 0 Å². The molecule has 0 radical (unpaired) electrons. The highest BCUT2D eigenvalue weighted by Gasteiger charge is 2.01. The Hall–Kier alpha value is 0.540. The van der Waals surface area contributed by atoms with Crippen molar-refractivity contribution < 1.29 is 3.07 Å². The average molecular weight is 379 g/mol. The molecule has 0 aliphatic heterocycles. The molecule has 0 amide bonds. The molecule has 64 valence electrons. The minimum absolute atomic E-state index is 0.940. The predicted molar refractivity (Wildman–Crippen MR) is 64.4 cm³/mol. The van der Waals surface area contributed by atoms with Gasteiger partial charge in [0.1, 0.15) is 5.76 Å². The Morgan fingerprint density at radius 1 is 1.36 bits per heavy atom. The fourth-order valence-electron chi connectivity index (χ4n) is 0.680. The molecule has 0 unspecified atom stereocenters. The number of halogens is 2. The van der Waals surface area contributed by atoms with E-state index in [0.29, 0.717) is 0 Å². The van der Waals surface area contributed by atoms with Gasteiger partial charge in [-0.25, -0.2) is 0 Å². The molecule has 0 saturated heterocycles. The van der Waals surface area contributed by atoms with E-state index in [4.69, 9.17) is 3.07 Å². The molecule has 0 aromatic carbocycles. The van der Waals surface area contributed by atoms with Crippen molar-refractivity contribution in [2.75, 3.05) is 0 Å². The first kappa shape index (κ1) is 11.5.